The lowest BCUT2D eigenvalue weighted by Gasteiger charge is -2.10. The van der Waals surface area contributed by atoms with E-state index in [1.807, 2.05) is 37.5 Å². The number of hydrogen-bond acceptors (Lipinski definition) is 5. The second-order valence-corrected chi connectivity index (χ2v) is 5.66. The van der Waals surface area contributed by atoms with Gasteiger partial charge in [0, 0.05) is 37.6 Å². The van der Waals surface area contributed by atoms with E-state index in [0.29, 0.717) is 18.0 Å². The molecule has 0 radical (unpaired) electrons. The van der Waals surface area contributed by atoms with E-state index in [-0.39, 0.29) is 12.5 Å². The molecule has 1 N–H and O–H groups in total. The number of nitrogens with one attached hydrogen (secondary N) is 1. The number of benzene rings is 1. The van der Waals surface area contributed by atoms with Crippen LogP contribution in [-0.4, -0.2) is 34.4 Å². The van der Waals surface area contributed by atoms with E-state index >= 15 is 0 Å². The van der Waals surface area contributed by atoms with Crippen molar-refractivity contribution in [3.63, 3.8) is 0 Å². The molecule has 0 saturated heterocycles. The lowest BCUT2D eigenvalue weighted by Crippen LogP contribution is -2.28. The average Bonchev–Trinajstić information content (AvgIpc) is 3.11. The number of pyridine rings is 1. The van der Waals surface area contributed by atoms with Gasteiger partial charge in [0.1, 0.15) is 11.5 Å². The standard InChI is InChI=1S/C19H20N4O3/c1-23-12-15(11-22-23)19-14(5-4-8-20-19)10-21-18(24)13-26-17-7-3-6-16(9-17)25-2/h3-9,11-12H,10,13H2,1-2H3,(H,21,24). The Morgan fingerprint density at radius 2 is 2.08 bits per heavy atom. The second kappa shape index (κ2) is 8.15. The Bertz CT molecular complexity index is 892. The van der Waals surface area contributed by atoms with Crippen molar-refractivity contribution in [2.45, 2.75) is 6.54 Å². The zero-order valence-corrected chi connectivity index (χ0v) is 14.7. The van der Waals surface area contributed by atoms with Crippen molar-refractivity contribution in [1.82, 2.24) is 20.1 Å². The molecular weight excluding hydrogens is 332 g/mol. The highest BCUT2D eigenvalue weighted by molar-refractivity contribution is 5.77. The first-order chi connectivity index (χ1) is 12.7. The molecule has 0 unspecified atom stereocenters. The lowest BCUT2D eigenvalue weighted by molar-refractivity contribution is -0.123. The summed E-state index contributed by atoms with van der Waals surface area (Å²) < 4.78 is 12.3. The van der Waals surface area contributed by atoms with Crippen molar-refractivity contribution in [3.8, 4) is 22.8 Å². The number of aryl methyl sites for hydroxylation is 1. The maximum Gasteiger partial charge on any atom is 0.258 e. The molecule has 0 saturated carbocycles. The largest absolute Gasteiger partial charge is 0.497 e. The van der Waals surface area contributed by atoms with Crippen molar-refractivity contribution in [2.24, 2.45) is 7.05 Å². The van der Waals surface area contributed by atoms with E-state index < -0.39 is 0 Å². The van der Waals surface area contributed by atoms with Gasteiger partial charge in [-0.3, -0.25) is 14.5 Å². The summed E-state index contributed by atoms with van der Waals surface area (Å²) in [5, 5.41) is 7.02. The molecule has 0 spiro atoms. The number of rotatable bonds is 7. The zero-order valence-electron chi connectivity index (χ0n) is 14.7. The molecule has 0 aliphatic rings. The van der Waals surface area contributed by atoms with Crippen molar-refractivity contribution in [1.29, 1.82) is 0 Å². The van der Waals surface area contributed by atoms with Crippen LogP contribution in [0.3, 0.4) is 0 Å². The van der Waals surface area contributed by atoms with Crippen LogP contribution in [0, 0.1) is 0 Å². The highest BCUT2D eigenvalue weighted by Gasteiger charge is 2.10. The molecule has 1 aromatic carbocycles. The van der Waals surface area contributed by atoms with Gasteiger partial charge in [-0.15, -0.1) is 0 Å². The van der Waals surface area contributed by atoms with Crippen LogP contribution in [0.25, 0.3) is 11.3 Å². The summed E-state index contributed by atoms with van der Waals surface area (Å²) in [6.45, 7) is 0.286. The highest BCUT2D eigenvalue weighted by atomic mass is 16.5. The predicted octanol–water partition coefficient (Wildman–Crippen LogP) is 2.19. The highest BCUT2D eigenvalue weighted by Crippen LogP contribution is 2.20. The Morgan fingerprint density at radius 1 is 1.23 bits per heavy atom. The van der Waals surface area contributed by atoms with E-state index in [9.17, 15) is 4.79 Å². The van der Waals surface area contributed by atoms with Crippen molar-refractivity contribution in [3.05, 3.63) is 60.6 Å². The fourth-order valence-corrected chi connectivity index (χ4v) is 2.47. The number of ether oxygens (including phenoxy) is 2. The Balaban J connectivity index is 1.58. The molecule has 0 aliphatic carbocycles. The summed E-state index contributed by atoms with van der Waals surface area (Å²) in [6.07, 6.45) is 5.36. The minimum atomic E-state index is -0.214. The Hall–Kier alpha value is -3.35. The number of aromatic nitrogens is 3. The van der Waals surface area contributed by atoms with E-state index in [1.165, 1.54) is 0 Å². The number of hydrogen-bond donors (Lipinski definition) is 1. The van der Waals surface area contributed by atoms with Gasteiger partial charge in [0.05, 0.1) is 19.0 Å². The third kappa shape index (κ3) is 4.38. The summed E-state index contributed by atoms with van der Waals surface area (Å²) in [7, 11) is 3.43. The van der Waals surface area contributed by atoms with Gasteiger partial charge in [0.2, 0.25) is 0 Å². The number of methoxy groups -OCH3 is 1. The molecule has 0 atom stereocenters. The monoisotopic (exact) mass is 352 g/mol. The summed E-state index contributed by atoms with van der Waals surface area (Å²) in [4.78, 5) is 16.5. The predicted molar refractivity (Wildman–Crippen MR) is 96.8 cm³/mol. The van der Waals surface area contributed by atoms with Crippen LogP contribution >= 0.6 is 0 Å². The summed E-state index contributed by atoms with van der Waals surface area (Å²) in [5.74, 6) is 1.05. The van der Waals surface area contributed by atoms with Crippen LogP contribution in [-0.2, 0) is 18.4 Å². The van der Waals surface area contributed by atoms with Gasteiger partial charge in [-0.25, -0.2) is 0 Å². The molecular formula is C19H20N4O3. The van der Waals surface area contributed by atoms with E-state index in [2.05, 4.69) is 15.4 Å². The molecule has 26 heavy (non-hydrogen) atoms. The Kier molecular flexibility index (Phi) is 5.48. The van der Waals surface area contributed by atoms with Gasteiger partial charge in [-0.05, 0) is 23.8 Å². The second-order valence-electron chi connectivity index (χ2n) is 5.66. The Morgan fingerprint density at radius 3 is 2.85 bits per heavy atom. The number of carbonyl (C=O) groups excluding carboxylic acids is 1. The third-order valence-corrected chi connectivity index (χ3v) is 3.76. The molecule has 3 rings (SSSR count). The van der Waals surface area contributed by atoms with Gasteiger partial charge in [0.25, 0.3) is 5.91 Å². The van der Waals surface area contributed by atoms with Crippen LogP contribution in [0.2, 0.25) is 0 Å². The molecule has 2 heterocycles. The SMILES string of the molecule is COc1cccc(OCC(=O)NCc2cccnc2-c2cnn(C)c2)c1. The number of nitrogens with zero attached hydrogens (tertiary/aromatic N) is 3. The van der Waals surface area contributed by atoms with E-state index in [4.69, 9.17) is 9.47 Å². The maximum atomic E-state index is 12.1. The van der Waals surface area contributed by atoms with Crippen LogP contribution in [0.4, 0.5) is 0 Å². The summed E-state index contributed by atoms with van der Waals surface area (Å²) in [6, 6.07) is 10.9. The van der Waals surface area contributed by atoms with Crippen LogP contribution in [0.5, 0.6) is 11.5 Å². The third-order valence-electron chi connectivity index (χ3n) is 3.76. The first-order valence-corrected chi connectivity index (χ1v) is 8.12. The molecule has 0 aliphatic heterocycles. The van der Waals surface area contributed by atoms with Crippen molar-refractivity contribution < 1.29 is 14.3 Å². The smallest absolute Gasteiger partial charge is 0.258 e. The molecule has 134 valence electrons. The van der Waals surface area contributed by atoms with Gasteiger partial charge in [0.15, 0.2) is 6.61 Å². The number of amides is 1. The molecule has 7 heteroatoms. The molecule has 7 nitrogen and oxygen atoms in total. The lowest BCUT2D eigenvalue weighted by atomic mass is 10.1. The molecule has 1 amide bonds. The molecule has 0 fully saturated rings. The molecule has 2 aromatic heterocycles. The number of carbonyl (C=O) groups is 1. The zero-order chi connectivity index (χ0) is 18.4. The van der Waals surface area contributed by atoms with E-state index in [1.54, 1.807) is 36.3 Å². The topological polar surface area (TPSA) is 78.3 Å². The van der Waals surface area contributed by atoms with Crippen molar-refractivity contribution >= 4 is 5.91 Å². The first-order valence-electron chi connectivity index (χ1n) is 8.12. The van der Waals surface area contributed by atoms with Crippen LogP contribution in [0.1, 0.15) is 5.56 Å². The van der Waals surface area contributed by atoms with Gasteiger partial charge in [-0.2, -0.15) is 5.10 Å². The van der Waals surface area contributed by atoms with Crippen LogP contribution in [0.15, 0.2) is 55.0 Å². The van der Waals surface area contributed by atoms with Crippen LogP contribution < -0.4 is 14.8 Å². The first kappa shape index (κ1) is 17.5. The quantitative estimate of drug-likeness (QED) is 0.705. The fourth-order valence-electron chi connectivity index (χ4n) is 2.47. The molecule has 3 aromatic rings. The Labute approximate surface area is 151 Å². The van der Waals surface area contributed by atoms with Gasteiger partial charge >= 0.3 is 0 Å². The fraction of sp³-hybridized carbons (Fsp3) is 0.211. The maximum absolute atomic E-state index is 12.1. The van der Waals surface area contributed by atoms with Crippen molar-refractivity contribution in [2.75, 3.05) is 13.7 Å². The van der Waals surface area contributed by atoms with Gasteiger partial charge in [-0.1, -0.05) is 12.1 Å². The average molecular weight is 352 g/mol. The normalized spacial score (nSPS) is 10.4. The van der Waals surface area contributed by atoms with E-state index in [0.717, 1.165) is 16.8 Å². The minimum absolute atomic E-state index is 0.0738. The minimum Gasteiger partial charge on any atom is -0.497 e. The summed E-state index contributed by atoms with van der Waals surface area (Å²) in [5.41, 5.74) is 2.62. The summed E-state index contributed by atoms with van der Waals surface area (Å²) >= 11 is 0. The molecule has 0 bridgehead atoms. The van der Waals surface area contributed by atoms with Gasteiger partial charge < -0.3 is 14.8 Å².